The van der Waals surface area contributed by atoms with Gasteiger partial charge in [0.15, 0.2) is 0 Å². The van der Waals surface area contributed by atoms with Gasteiger partial charge in [-0.15, -0.1) is 0 Å². The van der Waals surface area contributed by atoms with Crippen molar-refractivity contribution in [3.8, 4) is 0 Å². The van der Waals surface area contributed by atoms with Gasteiger partial charge in [-0.2, -0.15) is 11.8 Å². The van der Waals surface area contributed by atoms with Gasteiger partial charge >= 0.3 is 5.97 Å². The predicted molar refractivity (Wildman–Crippen MR) is 45.6 cm³/mol. The first-order chi connectivity index (χ1) is 4.68. The van der Waals surface area contributed by atoms with E-state index in [1.165, 1.54) is 0 Å². The number of nitrogens with one attached hydrogen (secondary N) is 1. The van der Waals surface area contributed by atoms with E-state index < -0.39 is 5.97 Å². The molecule has 0 aromatic rings. The minimum Gasteiger partial charge on any atom is -0.481 e. The minimum atomic E-state index is -0.714. The highest BCUT2D eigenvalue weighted by atomic mass is 32.2. The molecule has 0 aromatic heterocycles. The highest BCUT2D eigenvalue weighted by Gasteiger charge is 1.91. The summed E-state index contributed by atoms with van der Waals surface area (Å²) in [5, 5.41) is 10.8. The number of hydrogen-bond donors (Lipinski definition) is 2. The van der Waals surface area contributed by atoms with Gasteiger partial charge in [-0.3, -0.25) is 4.79 Å². The average molecular weight is 165 g/mol. The van der Waals surface area contributed by atoms with Crippen molar-refractivity contribution in [2.75, 3.05) is 26.1 Å². The Labute approximate surface area is 66.2 Å². The van der Waals surface area contributed by atoms with Crippen molar-refractivity contribution >= 4 is 17.7 Å². The summed E-state index contributed by atoms with van der Waals surface area (Å²) in [6, 6.07) is 0. The summed E-state index contributed by atoms with van der Waals surface area (Å²) < 4.78 is 0. The van der Waals surface area contributed by atoms with Crippen LogP contribution in [-0.2, 0) is 4.79 Å². The van der Waals surface area contributed by atoms with Crippen molar-refractivity contribution in [1.82, 2.24) is 5.32 Å². The Balaban J connectivity index is 0. The van der Waals surface area contributed by atoms with Crippen LogP contribution in [0.1, 0.15) is 6.42 Å². The van der Waals surface area contributed by atoms with E-state index in [1.807, 2.05) is 20.4 Å². The second-order valence-electron chi connectivity index (χ2n) is 1.64. The lowest BCUT2D eigenvalue weighted by Crippen LogP contribution is -1.94. The molecule has 0 rings (SSSR count). The molecule has 0 saturated carbocycles. The molecule has 0 radical (unpaired) electrons. The van der Waals surface area contributed by atoms with Crippen LogP contribution >= 0.6 is 11.8 Å². The molecule has 0 aromatic carbocycles. The molecule has 0 aliphatic heterocycles. The van der Waals surface area contributed by atoms with E-state index in [4.69, 9.17) is 5.11 Å². The monoisotopic (exact) mass is 165 g/mol. The third-order valence-corrected chi connectivity index (χ3v) is 1.13. The summed E-state index contributed by atoms with van der Waals surface area (Å²) in [6.45, 7) is 0. The van der Waals surface area contributed by atoms with E-state index in [1.54, 1.807) is 11.8 Å². The van der Waals surface area contributed by atoms with Gasteiger partial charge < -0.3 is 10.4 Å². The maximum atomic E-state index is 9.74. The average Bonchev–Trinajstić information content (AvgIpc) is 1.85. The third-order valence-electron chi connectivity index (χ3n) is 0.520. The SMILES string of the molecule is CNC.CSCCC(=O)O. The van der Waals surface area contributed by atoms with Crippen LogP contribution in [0.25, 0.3) is 0 Å². The van der Waals surface area contributed by atoms with Crippen molar-refractivity contribution in [1.29, 1.82) is 0 Å². The van der Waals surface area contributed by atoms with Crippen molar-refractivity contribution in [3.63, 3.8) is 0 Å². The minimum absolute atomic E-state index is 0.279. The Morgan fingerprint density at radius 2 is 2.00 bits per heavy atom. The number of aliphatic carboxylic acids is 1. The molecule has 0 bridgehead atoms. The van der Waals surface area contributed by atoms with Gasteiger partial charge in [0.05, 0.1) is 6.42 Å². The zero-order valence-electron chi connectivity index (χ0n) is 6.68. The molecule has 0 saturated heterocycles. The van der Waals surface area contributed by atoms with Gasteiger partial charge in [0.25, 0.3) is 0 Å². The van der Waals surface area contributed by atoms with Gasteiger partial charge in [-0.05, 0) is 20.4 Å². The van der Waals surface area contributed by atoms with E-state index >= 15 is 0 Å². The van der Waals surface area contributed by atoms with E-state index in [-0.39, 0.29) is 6.42 Å². The smallest absolute Gasteiger partial charge is 0.304 e. The van der Waals surface area contributed by atoms with Crippen LogP contribution < -0.4 is 5.32 Å². The molecule has 10 heavy (non-hydrogen) atoms. The fraction of sp³-hybridized carbons (Fsp3) is 0.833. The number of carbonyl (C=O) groups is 1. The van der Waals surface area contributed by atoms with Crippen molar-refractivity contribution in [2.45, 2.75) is 6.42 Å². The first-order valence-electron chi connectivity index (χ1n) is 2.98. The molecule has 0 aliphatic rings. The molecule has 62 valence electrons. The molecule has 0 unspecified atom stereocenters. The number of hydrogen-bond acceptors (Lipinski definition) is 3. The topological polar surface area (TPSA) is 49.3 Å². The van der Waals surface area contributed by atoms with Crippen molar-refractivity contribution in [2.24, 2.45) is 0 Å². The van der Waals surface area contributed by atoms with Crippen LogP contribution in [0.15, 0.2) is 0 Å². The molecular weight excluding hydrogens is 150 g/mol. The summed E-state index contributed by atoms with van der Waals surface area (Å²) in [5.41, 5.74) is 0. The van der Waals surface area contributed by atoms with Gasteiger partial charge in [-0.25, -0.2) is 0 Å². The zero-order valence-corrected chi connectivity index (χ0v) is 7.49. The van der Waals surface area contributed by atoms with Crippen LogP contribution in [-0.4, -0.2) is 37.2 Å². The van der Waals surface area contributed by atoms with Crippen molar-refractivity contribution < 1.29 is 9.90 Å². The van der Waals surface area contributed by atoms with E-state index in [0.29, 0.717) is 0 Å². The summed E-state index contributed by atoms with van der Waals surface area (Å²) >= 11 is 1.55. The lowest BCUT2D eigenvalue weighted by Gasteiger charge is -1.85. The van der Waals surface area contributed by atoms with Crippen LogP contribution in [0, 0.1) is 0 Å². The van der Waals surface area contributed by atoms with E-state index in [2.05, 4.69) is 5.32 Å². The standard InChI is InChI=1S/C4H8O2S.C2H7N/c1-7-3-2-4(5)6;1-3-2/h2-3H2,1H3,(H,5,6);3H,1-2H3. The van der Waals surface area contributed by atoms with Gasteiger partial charge in [0.1, 0.15) is 0 Å². The van der Waals surface area contributed by atoms with Gasteiger partial charge in [0.2, 0.25) is 0 Å². The number of rotatable bonds is 3. The van der Waals surface area contributed by atoms with Gasteiger partial charge in [-0.1, -0.05) is 0 Å². The quantitative estimate of drug-likeness (QED) is 0.645. The number of carboxylic acids is 1. The molecule has 0 aliphatic carbocycles. The maximum Gasteiger partial charge on any atom is 0.304 e. The van der Waals surface area contributed by atoms with Crippen LogP contribution in [0.5, 0.6) is 0 Å². The van der Waals surface area contributed by atoms with Crippen LogP contribution in [0.3, 0.4) is 0 Å². The molecular formula is C6H15NO2S. The zero-order chi connectivity index (χ0) is 8.41. The second-order valence-corrected chi connectivity index (χ2v) is 2.62. The molecule has 2 N–H and O–H groups in total. The molecule has 0 fully saturated rings. The third kappa shape index (κ3) is 25.0. The highest BCUT2D eigenvalue weighted by Crippen LogP contribution is 1.93. The Hall–Kier alpha value is -0.220. The Morgan fingerprint density at radius 1 is 1.60 bits per heavy atom. The number of carboxylic acid groups (broad SMARTS) is 1. The number of thioether (sulfide) groups is 1. The van der Waals surface area contributed by atoms with Crippen LogP contribution in [0.2, 0.25) is 0 Å². The Morgan fingerprint density at radius 3 is 2.10 bits per heavy atom. The van der Waals surface area contributed by atoms with Crippen molar-refractivity contribution in [3.05, 3.63) is 0 Å². The molecule has 4 heteroatoms. The fourth-order valence-corrected chi connectivity index (χ4v) is 0.568. The molecule has 0 heterocycles. The maximum absolute atomic E-state index is 9.74. The first kappa shape index (κ1) is 12.5. The lowest BCUT2D eigenvalue weighted by atomic mass is 10.5. The molecule has 0 atom stereocenters. The fourth-order valence-electron chi connectivity index (χ4n) is 0.189. The Bertz CT molecular complexity index is 78.1. The molecule has 0 spiro atoms. The normalized spacial score (nSPS) is 7.90. The molecule has 3 nitrogen and oxygen atoms in total. The molecule has 0 amide bonds. The highest BCUT2D eigenvalue weighted by molar-refractivity contribution is 7.98. The van der Waals surface area contributed by atoms with Crippen LogP contribution in [0.4, 0.5) is 0 Å². The van der Waals surface area contributed by atoms with E-state index in [9.17, 15) is 4.79 Å². The summed E-state index contributed by atoms with van der Waals surface area (Å²) in [7, 11) is 3.75. The summed E-state index contributed by atoms with van der Waals surface area (Å²) in [4.78, 5) is 9.74. The first-order valence-corrected chi connectivity index (χ1v) is 4.37. The summed E-state index contributed by atoms with van der Waals surface area (Å²) in [5.74, 6) is 0.00403. The lowest BCUT2D eigenvalue weighted by molar-refractivity contribution is -0.136. The summed E-state index contributed by atoms with van der Waals surface area (Å²) in [6.07, 6.45) is 2.17. The van der Waals surface area contributed by atoms with Gasteiger partial charge in [0, 0.05) is 5.75 Å². The Kier molecular flexibility index (Phi) is 14.4. The largest absolute Gasteiger partial charge is 0.481 e. The van der Waals surface area contributed by atoms with E-state index in [0.717, 1.165) is 5.75 Å². The predicted octanol–water partition coefficient (Wildman–Crippen LogP) is 0.660. The second kappa shape index (κ2) is 11.6.